The van der Waals surface area contributed by atoms with Crippen molar-refractivity contribution >= 4 is 11.8 Å². The summed E-state index contributed by atoms with van der Waals surface area (Å²) in [6.45, 7) is 2.31. The molecule has 2 atom stereocenters. The van der Waals surface area contributed by atoms with Crippen molar-refractivity contribution in [2.75, 3.05) is 12.8 Å². The molecule has 54 valence electrons. The van der Waals surface area contributed by atoms with Gasteiger partial charge in [-0.1, -0.05) is 6.92 Å². The maximum absolute atomic E-state index is 3.33. The Labute approximate surface area is 61.6 Å². The van der Waals surface area contributed by atoms with E-state index in [-0.39, 0.29) is 0 Å². The maximum atomic E-state index is 3.33. The first-order chi connectivity index (χ1) is 4.34. The summed E-state index contributed by atoms with van der Waals surface area (Å²) in [5.74, 6) is 1.36. The third-order valence-electron chi connectivity index (χ3n) is 1.98. The Kier molecular flexibility index (Phi) is 2.86. The van der Waals surface area contributed by atoms with Gasteiger partial charge in [-0.15, -0.1) is 0 Å². The predicted molar refractivity (Wildman–Crippen MR) is 44.0 cm³/mol. The first-order valence-electron chi connectivity index (χ1n) is 3.63. The fraction of sp³-hybridized carbons (Fsp3) is 1.00. The van der Waals surface area contributed by atoms with Crippen molar-refractivity contribution in [2.45, 2.75) is 31.1 Å². The van der Waals surface area contributed by atoms with E-state index in [0.29, 0.717) is 0 Å². The van der Waals surface area contributed by atoms with Crippen LogP contribution in [0.2, 0.25) is 0 Å². The van der Waals surface area contributed by atoms with Crippen molar-refractivity contribution in [3.8, 4) is 0 Å². The fourth-order valence-corrected chi connectivity index (χ4v) is 2.51. The second-order valence-corrected chi connectivity index (χ2v) is 4.10. The summed E-state index contributed by atoms with van der Waals surface area (Å²) in [4.78, 5) is 0. The van der Waals surface area contributed by atoms with Crippen LogP contribution in [0.4, 0.5) is 0 Å². The molecule has 1 heterocycles. The SMILES string of the molecule is CNC1CCCSC1C. The van der Waals surface area contributed by atoms with Crippen molar-refractivity contribution in [2.24, 2.45) is 0 Å². The van der Waals surface area contributed by atoms with E-state index >= 15 is 0 Å². The third-order valence-corrected chi connectivity index (χ3v) is 3.36. The molecule has 1 nitrogen and oxygen atoms in total. The number of rotatable bonds is 1. The van der Waals surface area contributed by atoms with E-state index in [9.17, 15) is 0 Å². The Bertz CT molecular complexity index is 85.0. The highest BCUT2D eigenvalue weighted by molar-refractivity contribution is 7.99. The lowest BCUT2D eigenvalue weighted by Gasteiger charge is -2.27. The average molecular weight is 145 g/mol. The smallest absolute Gasteiger partial charge is 0.0181 e. The number of hydrogen-bond acceptors (Lipinski definition) is 2. The molecule has 1 rings (SSSR count). The lowest BCUT2D eigenvalue weighted by molar-refractivity contribution is 0.501. The molecule has 0 aromatic carbocycles. The molecular formula is C7H15NS. The summed E-state index contributed by atoms with van der Waals surface area (Å²) in [5, 5.41) is 4.16. The van der Waals surface area contributed by atoms with Gasteiger partial charge in [-0.05, 0) is 25.6 Å². The first kappa shape index (κ1) is 7.42. The molecule has 1 N–H and O–H groups in total. The normalized spacial score (nSPS) is 36.7. The molecule has 9 heavy (non-hydrogen) atoms. The van der Waals surface area contributed by atoms with Crippen LogP contribution in [-0.2, 0) is 0 Å². The first-order valence-corrected chi connectivity index (χ1v) is 4.68. The molecule has 1 saturated heterocycles. The molecule has 1 aliphatic rings. The highest BCUT2D eigenvalue weighted by Gasteiger charge is 2.18. The molecule has 0 bridgehead atoms. The van der Waals surface area contributed by atoms with E-state index in [2.05, 4.69) is 31.1 Å². The van der Waals surface area contributed by atoms with Gasteiger partial charge in [0.05, 0.1) is 0 Å². The topological polar surface area (TPSA) is 12.0 Å². The molecule has 0 radical (unpaired) electrons. The van der Waals surface area contributed by atoms with Gasteiger partial charge < -0.3 is 5.32 Å². The van der Waals surface area contributed by atoms with E-state index in [1.165, 1.54) is 18.6 Å². The fourth-order valence-electron chi connectivity index (χ4n) is 1.30. The van der Waals surface area contributed by atoms with Crippen molar-refractivity contribution in [3.05, 3.63) is 0 Å². The Morgan fingerprint density at radius 1 is 1.56 bits per heavy atom. The van der Waals surface area contributed by atoms with E-state index in [1.807, 2.05) is 0 Å². The van der Waals surface area contributed by atoms with Gasteiger partial charge in [-0.2, -0.15) is 11.8 Å². The van der Waals surface area contributed by atoms with Gasteiger partial charge in [0, 0.05) is 11.3 Å². The summed E-state index contributed by atoms with van der Waals surface area (Å²) in [5.41, 5.74) is 0. The second-order valence-electron chi connectivity index (χ2n) is 2.61. The number of hydrogen-bond donors (Lipinski definition) is 1. The third kappa shape index (κ3) is 1.87. The van der Waals surface area contributed by atoms with Crippen LogP contribution in [0, 0.1) is 0 Å². The van der Waals surface area contributed by atoms with Gasteiger partial charge in [0.15, 0.2) is 0 Å². The quantitative estimate of drug-likeness (QED) is 0.600. The molecule has 2 heteroatoms. The van der Waals surface area contributed by atoms with E-state index in [4.69, 9.17) is 0 Å². The van der Waals surface area contributed by atoms with Gasteiger partial charge in [-0.3, -0.25) is 0 Å². The Morgan fingerprint density at radius 3 is 2.78 bits per heavy atom. The van der Waals surface area contributed by atoms with Crippen LogP contribution in [0.1, 0.15) is 19.8 Å². The van der Waals surface area contributed by atoms with Crippen LogP contribution in [0.3, 0.4) is 0 Å². The molecule has 2 unspecified atom stereocenters. The van der Waals surface area contributed by atoms with Crippen LogP contribution in [0.25, 0.3) is 0 Å². The van der Waals surface area contributed by atoms with Crippen molar-refractivity contribution in [1.82, 2.24) is 5.32 Å². The van der Waals surface area contributed by atoms with Crippen LogP contribution >= 0.6 is 11.8 Å². The number of nitrogens with one attached hydrogen (secondary N) is 1. The van der Waals surface area contributed by atoms with Crippen LogP contribution in [0.5, 0.6) is 0 Å². The largest absolute Gasteiger partial charge is 0.316 e. The molecule has 0 aliphatic carbocycles. The zero-order chi connectivity index (χ0) is 6.69. The number of thioether (sulfide) groups is 1. The zero-order valence-electron chi connectivity index (χ0n) is 6.18. The lowest BCUT2D eigenvalue weighted by Crippen LogP contribution is -2.36. The average Bonchev–Trinajstić information content (AvgIpc) is 1.89. The minimum Gasteiger partial charge on any atom is -0.316 e. The predicted octanol–water partition coefficient (Wildman–Crippen LogP) is 1.49. The summed E-state index contributed by atoms with van der Waals surface area (Å²) < 4.78 is 0. The monoisotopic (exact) mass is 145 g/mol. The van der Waals surface area contributed by atoms with E-state index in [0.717, 1.165) is 11.3 Å². The van der Waals surface area contributed by atoms with Crippen LogP contribution < -0.4 is 5.32 Å². The summed E-state index contributed by atoms with van der Waals surface area (Å²) >= 11 is 2.09. The van der Waals surface area contributed by atoms with Crippen molar-refractivity contribution < 1.29 is 0 Å². The van der Waals surface area contributed by atoms with Crippen molar-refractivity contribution in [3.63, 3.8) is 0 Å². The van der Waals surface area contributed by atoms with Crippen LogP contribution in [0.15, 0.2) is 0 Å². The Morgan fingerprint density at radius 2 is 2.33 bits per heavy atom. The van der Waals surface area contributed by atoms with Gasteiger partial charge in [-0.25, -0.2) is 0 Å². The van der Waals surface area contributed by atoms with Gasteiger partial charge in [0.25, 0.3) is 0 Å². The molecule has 0 saturated carbocycles. The molecule has 0 aromatic heterocycles. The second kappa shape index (κ2) is 3.47. The molecule has 0 aromatic rings. The highest BCUT2D eigenvalue weighted by Crippen LogP contribution is 2.24. The summed E-state index contributed by atoms with van der Waals surface area (Å²) in [6.07, 6.45) is 2.76. The van der Waals surface area contributed by atoms with Gasteiger partial charge >= 0.3 is 0 Å². The van der Waals surface area contributed by atoms with E-state index in [1.54, 1.807) is 0 Å². The Balaban J connectivity index is 2.30. The Hall–Kier alpha value is 0.310. The molecule has 0 spiro atoms. The van der Waals surface area contributed by atoms with Crippen LogP contribution in [-0.4, -0.2) is 24.1 Å². The molecule has 1 fully saturated rings. The summed E-state index contributed by atoms with van der Waals surface area (Å²) in [7, 11) is 2.06. The molecule has 1 aliphatic heterocycles. The van der Waals surface area contributed by atoms with E-state index < -0.39 is 0 Å². The molecular weight excluding hydrogens is 130 g/mol. The zero-order valence-corrected chi connectivity index (χ0v) is 7.00. The lowest BCUT2D eigenvalue weighted by atomic mass is 10.1. The molecule has 0 amide bonds. The minimum atomic E-state index is 0.767. The van der Waals surface area contributed by atoms with Gasteiger partial charge in [0.2, 0.25) is 0 Å². The maximum Gasteiger partial charge on any atom is 0.0181 e. The van der Waals surface area contributed by atoms with Gasteiger partial charge in [0.1, 0.15) is 0 Å². The van der Waals surface area contributed by atoms with Crippen molar-refractivity contribution in [1.29, 1.82) is 0 Å². The highest BCUT2D eigenvalue weighted by atomic mass is 32.2. The summed E-state index contributed by atoms with van der Waals surface area (Å²) in [6, 6.07) is 0.767. The minimum absolute atomic E-state index is 0.767. The standard InChI is InChI=1S/C7H15NS/c1-6-7(8-2)4-3-5-9-6/h6-8H,3-5H2,1-2H3.